The van der Waals surface area contributed by atoms with E-state index in [-0.39, 0.29) is 11.3 Å². The number of fused-ring (bicyclic) bond motifs is 1. The predicted octanol–water partition coefficient (Wildman–Crippen LogP) is 1.97. The highest BCUT2D eigenvalue weighted by Gasteiger charge is 2.19. The van der Waals surface area contributed by atoms with Gasteiger partial charge < -0.3 is 9.80 Å². The van der Waals surface area contributed by atoms with Crippen molar-refractivity contribution in [3.63, 3.8) is 0 Å². The van der Waals surface area contributed by atoms with Gasteiger partial charge >= 0.3 is 0 Å². The highest BCUT2D eigenvalue weighted by Crippen LogP contribution is 2.19. The van der Waals surface area contributed by atoms with E-state index in [1.165, 1.54) is 6.07 Å². The Labute approximate surface area is 134 Å². The van der Waals surface area contributed by atoms with Gasteiger partial charge in [-0.1, -0.05) is 6.58 Å². The monoisotopic (exact) mass is 313 g/mol. The zero-order valence-corrected chi connectivity index (χ0v) is 13.4. The molecule has 1 aromatic carbocycles. The number of likely N-dealkylation sites (N-methyl/N-ethyl adjacent to an activating group) is 1. The Balaban J connectivity index is 2.23. The molecule has 0 spiro atoms. The molecule has 0 radical (unpaired) electrons. The van der Waals surface area contributed by atoms with Gasteiger partial charge in [-0.15, -0.1) is 5.73 Å². The summed E-state index contributed by atoms with van der Waals surface area (Å²) in [5, 5.41) is 8.50. The molecule has 5 nitrogen and oxygen atoms in total. The molecule has 0 unspecified atom stereocenters. The van der Waals surface area contributed by atoms with Crippen molar-refractivity contribution in [3.8, 4) is 0 Å². The average Bonchev–Trinajstić information content (AvgIpc) is 2.53. The number of halogens is 1. The lowest BCUT2D eigenvalue weighted by molar-refractivity contribution is 0.311. The highest BCUT2D eigenvalue weighted by atomic mass is 19.1. The molecule has 6 heteroatoms. The van der Waals surface area contributed by atoms with Crippen LogP contribution in [-0.4, -0.2) is 47.7 Å². The van der Waals surface area contributed by atoms with Crippen LogP contribution in [0.15, 0.2) is 24.4 Å². The average molecular weight is 313 g/mol. The summed E-state index contributed by atoms with van der Waals surface area (Å²) in [5.41, 5.74) is 4.72. The normalized spacial score (nSPS) is 15.7. The van der Waals surface area contributed by atoms with E-state index in [0.717, 1.165) is 26.2 Å². The van der Waals surface area contributed by atoms with Gasteiger partial charge in [-0.05, 0) is 25.6 Å². The van der Waals surface area contributed by atoms with Crippen molar-refractivity contribution in [1.29, 1.82) is 5.41 Å². The van der Waals surface area contributed by atoms with Crippen molar-refractivity contribution >= 4 is 23.1 Å². The minimum atomic E-state index is -0.291. The molecule has 0 atom stereocenters. The first-order chi connectivity index (χ1) is 11.0. The third-order valence-corrected chi connectivity index (χ3v) is 4.22. The van der Waals surface area contributed by atoms with Gasteiger partial charge in [-0.2, -0.15) is 0 Å². The molecular weight excluding hydrogens is 293 g/mol. The van der Waals surface area contributed by atoms with E-state index in [0.29, 0.717) is 22.4 Å². The van der Waals surface area contributed by atoms with Crippen LogP contribution in [-0.2, 0) is 0 Å². The van der Waals surface area contributed by atoms with Gasteiger partial charge in [0.2, 0.25) is 0 Å². The fourth-order valence-corrected chi connectivity index (χ4v) is 2.80. The minimum Gasteiger partial charge on any atom is -0.351 e. The lowest BCUT2D eigenvalue weighted by atomic mass is 10.2. The number of nitrogens with zero attached hydrogens (tertiary/aromatic N) is 4. The van der Waals surface area contributed by atoms with E-state index in [1.807, 2.05) is 0 Å². The van der Waals surface area contributed by atoms with Gasteiger partial charge in [0, 0.05) is 32.2 Å². The van der Waals surface area contributed by atoms with Gasteiger partial charge in [0.05, 0.1) is 17.2 Å². The van der Waals surface area contributed by atoms with E-state index < -0.39 is 0 Å². The molecule has 1 aliphatic heterocycles. The van der Waals surface area contributed by atoms with E-state index in [9.17, 15) is 4.39 Å². The van der Waals surface area contributed by atoms with Gasteiger partial charge in [-0.3, -0.25) is 9.98 Å². The Morgan fingerprint density at radius 2 is 2.00 bits per heavy atom. The van der Waals surface area contributed by atoms with Crippen molar-refractivity contribution in [2.24, 2.45) is 0 Å². The molecule has 120 valence electrons. The SMILES string of the molecule is C=C=Cn1c(=N)c(N2CCN(C)CC2)nc2cc(F)c(C)cc21. The molecule has 2 aromatic rings. The van der Waals surface area contributed by atoms with Crippen LogP contribution in [0, 0.1) is 18.2 Å². The third kappa shape index (κ3) is 2.79. The molecule has 23 heavy (non-hydrogen) atoms. The Morgan fingerprint density at radius 3 is 2.65 bits per heavy atom. The van der Waals surface area contributed by atoms with Gasteiger partial charge in [0.25, 0.3) is 0 Å². The van der Waals surface area contributed by atoms with Crippen LogP contribution in [0.2, 0.25) is 0 Å². The summed E-state index contributed by atoms with van der Waals surface area (Å²) in [7, 11) is 2.07. The van der Waals surface area contributed by atoms with Crippen LogP contribution in [0.4, 0.5) is 10.2 Å². The van der Waals surface area contributed by atoms with Crippen molar-refractivity contribution in [3.05, 3.63) is 41.3 Å². The first-order valence-corrected chi connectivity index (χ1v) is 7.57. The number of rotatable bonds is 2. The number of piperazine rings is 1. The summed E-state index contributed by atoms with van der Waals surface area (Å²) in [6, 6.07) is 3.13. The number of benzene rings is 1. The van der Waals surface area contributed by atoms with Crippen LogP contribution in [0.5, 0.6) is 0 Å². The number of anilines is 1. The van der Waals surface area contributed by atoms with E-state index in [4.69, 9.17) is 5.41 Å². The highest BCUT2D eigenvalue weighted by molar-refractivity contribution is 5.79. The van der Waals surface area contributed by atoms with Crippen molar-refractivity contribution in [2.75, 3.05) is 38.1 Å². The molecular formula is C17H20FN5. The molecule has 1 N–H and O–H groups in total. The molecule has 0 aliphatic carbocycles. The van der Waals surface area contributed by atoms with E-state index >= 15 is 0 Å². The molecule has 1 fully saturated rings. The quantitative estimate of drug-likeness (QED) is 0.863. The van der Waals surface area contributed by atoms with Crippen molar-refractivity contribution in [2.45, 2.75) is 6.92 Å². The summed E-state index contributed by atoms with van der Waals surface area (Å²) in [6.45, 7) is 8.73. The zero-order chi connectivity index (χ0) is 16.6. The Kier molecular flexibility index (Phi) is 4.03. The zero-order valence-electron chi connectivity index (χ0n) is 13.4. The van der Waals surface area contributed by atoms with Gasteiger partial charge in [-0.25, -0.2) is 9.37 Å². The van der Waals surface area contributed by atoms with Crippen LogP contribution in [0.25, 0.3) is 17.2 Å². The Morgan fingerprint density at radius 1 is 1.30 bits per heavy atom. The van der Waals surface area contributed by atoms with Gasteiger partial charge in [0.1, 0.15) is 5.82 Å². The second-order valence-corrected chi connectivity index (χ2v) is 5.87. The second kappa shape index (κ2) is 5.99. The van der Waals surface area contributed by atoms with Gasteiger partial charge in [0.15, 0.2) is 11.3 Å². The first-order valence-electron chi connectivity index (χ1n) is 7.57. The maximum atomic E-state index is 13.9. The smallest absolute Gasteiger partial charge is 0.173 e. The largest absolute Gasteiger partial charge is 0.351 e. The third-order valence-electron chi connectivity index (χ3n) is 4.22. The lowest BCUT2D eigenvalue weighted by Gasteiger charge is -2.33. The van der Waals surface area contributed by atoms with Crippen LogP contribution in [0.3, 0.4) is 0 Å². The molecule has 0 bridgehead atoms. The summed E-state index contributed by atoms with van der Waals surface area (Å²) >= 11 is 0. The molecule has 0 amide bonds. The topological polar surface area (TPSA) is 48.2 Å². The summed E-state index contributed by atoms with van der Waals surface area (Å²) < 4.78 is 15.6. The molecule has 1 saturated heterocycles. The van der Waals surface area contributed by atoms with E-state index in [1.54, 1.807) is 23.8 Å². The van der Waals surface area contributed by atoms with Crippen molar-refractivity contribution in [1.82, 2.24) is 14.5 Å². The maximum absolute atomic E-state index is 13.9. The van der Waals surface area contributed by atoms with Crippen LogP contribution in [0.1, 0.15) is 5.56 Å². The van der Waals surface area contributed by atoms with E-state index in [2.05, 4.69) is 34.1 Å². The second-order valence-electron chi connectivity index (χ2n) is 5.87. The van der Waals surface area contributed by atoms with Crippen LogP contribution < -0.4 is 10.4 Å². The summed E-state index contributed by atoms with van der Waals surface area (Å²) in [5.74, 6) is 0.279. The molecule has 3 rings (SSSR count). The molecule has 1 aliphatic rings. The predicted molar refractivity (Wildman–Crippen MR) is 89.9 cm³/mol. The summed E-state index contributed by atoms with van der Waals surface area (Å²) in [6.07, 6.45) is 1.60. The Hall–Kier alpha value is -2.43. The number of hydrogen-bond donors (Lipinski definition) is 1. The number of aromatic nitrogens is 2. The van der Waals surface area contributed by atoms with Crippen LogP contribution >= 0.6 is 0 Å². The molecule has 1 aromatic heterocycles. The number of hydrogen-bond acceptors (Lipinski definition) is 4. The number of aryl methyl sites for hydroxylation is 1. The fraction of sp³-hybridized carbons (Fsp3) is 0.353. The molecule has 0 saturated carbocycles. The lowest BCUT2D eigenvalue weighted by Crippen LogP contribution is -2.47. The first kappa shape index (κ1) is 15.5. The Bertz CT molecular complexity index is 855. The fourth-order valence-electron chi connectivity index (χ4n) is 2.80. The molecule has 2 heterocycles. The minimum absolute atomic E-state index is 0.268. The number of nitrogens with one attached hydrogen (secondary N) is 1. The standard InChI is InChI=1S/C17H20FN5/c1-4-5-23-15-10-12(2)13(18)11-14(15)20-17(16(23)19)22-8-6-21(3)7-9-22/h5,10-11,19H,1,6-9H2,2-3H3. The van der Waals surface area contributed by atoms with Crippen molar-refractivity contribution < 1.29 is 4.39 Å². The maximum Gasteiger partial charge on any atom is 0.173 e. The summed E-state index contributed by atoms with van der Waals surface area (Å²) in [4.78, 5) is 8.87.